The van der Waals surface area contributed by atoms with Crippen LogP contribution in [0, 0.1) is 5.41 Å². The molecule has 0 unspecified atom stereocenters. The van der Waals surface area contributed by atoms with E-state index in [0.29, 0.717) is 52.9 Å². The summed E-state index contributed by atoms with van der Waals surface area (Å²) < 4.78 is 30.3. The van der Waals surface area contributed by atoms with Crippen molar-refractivity contribution in [2.45, 2.75) is 18.9 Å². The molecule has 0 saturated carbocycles. The average molecular weight is 550 g/mol. The molecule has 0 amide bonds. The maximum atomic E-state index is 9.38. The van der Waals surface area contributed by atoms with Gasteiger partial charge in [-0.2, -0.15) is 0 Å². The Morgan fingerprint density at radius 2 is 1.49 bits per heavy atom. The molecule has 1 aromatic heterocycles. The Hall–Kier alpha value is -4.98. The summed E-state index contributed by atoms with van der Waals surface area (Å²) in [4.78, 5) is 4.70. The molecule has 6 rings (SSSR count). The third-order valence-electron chi connectivity index (χ3n) is 7.63. The maximum Gasteiger partial charge on any atom is 0.228 e. The number of hydrogen-bond acceptors (Lipinski definition) is 7. The van der Waals surface area contributed by atoms with Crippen molar-refractivity contribution < 1.29 is 23.7 Å². The van der Waals surface area contributed by atoms with Gasteiger partial charge in [-0.25, -0.2) is 4.98 Å². The summed E-state index contributed by atoms with van der Waals surface area (Å²) >= 11 is 0. The third kappa shape index (κ3) is 4.61. The fourth-order valence-electron chi connectivity index (χ4n) is 5.58. The van der Waals surface area contributed by atoms with Crippen LogP contribution in [0.25, 0.3) is 10.8 Å². The number of nitrogens with zero attached hydrogens (tertiary/aromatic N) is 2. The zero-order valence-electron chi connectivity index (χ0n) is 23.4. The second-order valence-corrected chi connectivity index (χ2v) is 9.79. The van der Waals surface area contributed by atoms with E-state index in [9.17, 15) is 5.41 Å². The zero-order valence-corrected chi connectivity index (χ0v) is 23.4. The van der Waals surface area contributed by atoms with Gasteiger partial charge in [0.15, 0.2) is 23.0 Å². The third-order valence-corrected chi connectivity index (χ3v) is 7.63. The number of rotatable bonds is 8. The van der Waals surface area contributed by atoms with E-state index >= 15 is 0 Å². The lowest BCUT2D eigenvalue weighted by molar-refractivity contribution is 0.354. The van der Waals surface area contributed by atoms with E-state index in [1.54, 1.807) is 34.8 Å². The zero-order chi connectivity index (χ0) is 28.5. The molecule has 41 heavy (non-hydrogen) atoms. The van der Waals surface area contributed by atoms with E-state index in [2.05, 4.69) is 18.2 Å². The van der Waals surface area contributed by atoms with Crippen LogP contribution in [-0.4, -0.2) is 38.0 Å². The number of benzene rings is 4. The summed E-state index contributed by atoms with van der Waals surface area (Å²) in [6.45, 7) is 0.551. The monoisotopic (exact) mass is 549 g/mol. The molecular weight excluding hydrogens is 518 g/mol. The first-order chi connectivity index (χ1) is 20.1. The lowest BCUT2D eigenvalue weighted by Gasteiger charge is -2.30. The highest BCUT2D eigenvalue weighted by molar-refractivity contribution is 5.90. The molecule has 0 spiro atoms. The smallest absolute Gasteiger partial charge is 0.228 e. The topological polar surface area (TPSA) is 87.8 Å². The number of nitrogens with one attached hydrogen (secondary N) is 1. The molecule has 4 aromatic carbocycles. The number of aryl methyl sites for hydroxylation is 2. The van der Waals surface area contributed by atoms with Crippen molar-refractivity contribution in [3.05, 3.63) is 107 Å². The molecule has 0 radical (unpaired) electrons. The van der Waals surface area contributed by atoms with Crippen molar-refractivity contribution in [2.24, 2.45) is 0 Å². The van der Waals surface area contributed by atoms with Crippen molar-refractivity contribution in [1.82, 2.24) is 9.55 Å². The minimum atomic E-state index is -0.312. The van der Waals surface area contributed by atoms with Crippen LogP contribution in [0.5, 0.6) is 34.6 Å². The normalized spacial score (nSPS) is 13.6. The van der Waals surface area contributed by atoms with Gasteiger partial charge in [0.2, 0.25) is 5.88 Å². The van der Waals surface area contributed by atoms with Gasteiger partial charge in [0.25, 0.3) is 0 Å². The number of hydrogen-bond donors (Lipinski definition) is 1. The minimum Gasteiger partial charge on any atom is -0.493 e. The first-order valence-corrected chi connectivity index (χ1v) is 13.3. The van der Waals surface area contributed by atoms with Crippen LogP contribution in [-0.2, 0) is 13.0 Å². The highest BCUT2D eigenvalue weighted by Gasteiger charge is 2.34. The van der Waals surface area contributed by atoms with Gasteiger partial charge in [-0.15, -0.1) is 0 Å². The van der Waals surface area contributed by atoms with Gasteiger partial charge < -0.3 is 28.3 Å². The Balaban J connectivity index is 1.48. The minimum absolute atomic E-state index is 0.312. The van der Waals surface area contributed by atoms with Crippen LogP contribution < -0.4 is 29.2 Å². The van der Waals surface area contributed by atoms with Gasteiger partial charge in [0, 0.05) is 18.0 Å². The molecule has 0 saturated heterocycles. The van der Waals surface area contributed by atoms with E-state index in [1.165, 1.54) is 0 Å². The van der Waals surface area contributed by atoms with Crippen LogP contribution in [0.15, 0.2) is 79.1 Å². The van der Waals surface area contributed by atoms with Gasteiger partial charge in [-0.3, -0.25) is 5.41 Å². The lowest BCUT2D eigenvalue weighted by Crippen LogP contribution is -2.30. The summed E-state index contributed by atoms with van der Waals surface area (Å²) in [5.41, 5.74) is 4.06. The van der Waals surface area contributed by atoms with E-state index in [1.807, 2.05) is 59.2 Å². The van der Waals surface area contributed by atoms with Gasteiger partial charge >= 0.3 is 0 Å². The Bertz CT molecular complexity index is 1810. The fourth-order valence-corrected chi connectivity index (χ4v) is 5.58. The van der Waals surface area contributed by atoms with Crippen molar-refractivity contribution in [3.63, 3.8) is 0 Å². The van der Waals surface area contributed by atoms with Crippen molar-refractivity contribution >= 4 is 10.8 Å². The van der Waals surface area contributed by atoms with Crippen LogP contribution >= 0.6 is 0 Å². The lowest BCUT2D eigenvalue weighted by atomic mass is 9.81. The summed E-state index contributed by atoms with van der Waals surface area (Å²) in [7, 11) is 6.50. The average Bonchev–Trinajstić information content (AvgIpc) is 3.02. The SMILES string of the molecule is COc1ccc(CCn2cnc3c(c2=N)[C@@H](c2ccc(OC)c(OC)c2)c2c(ccc4ccccc24)O3)cc1OC. The van der Waals surface area contributed by atoms with Gasteiger partial charge in [0.05, 0.1) is 34.0 Å². The molecule has 2 heterocycles. The van der Waals surface area contributed by atoms with Crippen molar-refractivity contribution in [1.29, 1.82) is 5.41 Å². The quantitative estimate of drug-likeness (QED) is 0.248. The van der Waals surface area contributed by atoms with Crippen LogP contribution in [0.3, 0.4) is 0 Å². The van der Waals surface area contributed by atoms with Crippen LogP contribution in [0.4, 0.5) is 0 Å². The predicted molar refractivity (Wildman–Crippen MR) is 156 cm³/mol. The number of fused-ring (bicyclic) bond motifs is 4. The first-order valence-electron chi connectivity index (χ1n) is 13.3. The van der Waals surface area contributed by atoms with Crippen LogP contribution in [0.1, 0.15) is 28.2 Å². The highest BCUT2D eigenvalue weighted by atomic mass is 16.5. The summed E-state index contributed by atoms with van der Waals surface area (Å²) in [6.07, 6.45) is 2.36. The molecule has 8 heteroatoms. The first kappa shape index (κ1) is 26.3. The van der Waals surface area contributed by atoms with Gasteiger partial charge in [-0.05, 0) is 58.7 Å². The Kier molecular flexibility index (Phi) is 6.97. The predicted octanol–water partition coefficient (Wildman–Crippen LogP) is 6.08. The van der Waals surface area contributed by atoms with E-state index in [-0.39, 0.29) is 5.92 Å². The summed E-state index contributed by atoms with van der Waals surface area (Å²) in [5, 5.41) is 11.5. The van der Waals surface area contributed by atoms with Gasteiger partial charge in [-0.1, -0.05) is 42.5 Å². The Morgan fingerprint density at radius 1 is 0.780 bits per heavy atom. The molecule has 0 bridgehead atoms. The molecule has 0 fully saturated rings. The largest absolute Gasteiger partial charge is 0.493 e. The fraction of sp³-hybridized carbons (Fsp3) is 0.212. The second-order valence-electron chi connectivity index (χ2n) is 9.79. The number of ether oxygens (including phenoxy) is 5. The van der Waals surface area contributed by atoms with E-state index in [0.717, 1.165) is 33.2 Å². The number of methoxy groups -OCH3 is 4. The molecule has 1 atom stereocenters. The van der Waals surface area contributed by atoms with E-state index < -0.39 is 0 Å². The van der Waals surface area contributed by atoms with E-state index in [4.69, 9.17) is 28.7 Å². The Labute approximate surface area is 238 Å². The van der Waals surface area contributed by atoms with Crippen molar-refractivity contribution in [2.75, 3.05) is 28.4 Å². The van der Waals surface area contributed by atoms with Crippen molar-refractivity contribution in [3.8, 4) is 34.6 Å². The molecule has 1 N–H and O–H groups in total. The summed E-state index contributed by atoms with van der Waals surface area (Å²) in [5.74, 6) is 3.47. The standard InChI is InChI=1S/C33H31N3O5/c1-37-24-12-9-20(17-27(24)39-3)15-16-36-19-35-33-31(32(36)34)29(22-11-13-25(38-2)28(18-22)40-4)30-23-8-6-5-7-21(23)10-14-26(30)41-33/h5-14,17-19,29,34H,15-16H2,1-4H3/t29-/m0/s1. The Morgan fingerprint density at radius 3 is 2.24 bits per heavy atom. The molecule has 208 valence electrons. The second kappa shape index (κ2) is 10.9. The van der Waals surface area contributed by atoms with Crippen LogP contribution in [0.2, 0.25) is 0 Å². The molecule has 1 aliphatic heterocycles. The molecule has 1 aliphatic rings. The number of aromatic nitrogens is 2. The maximum absolute atomic E-state index is 9.38. The highest BCUT2D eigenvalue weighted by Crippen LogP contribution is 2.49. The van der Waals surface area contributed by atoms with Gasteiger partial charge in [0.1, 0.15) is 17.6 Å². The molecule has 0 aliphatic carbocycles. The molecular formula is C33H31N3O5. The molecule has 8 nitrogen and oxygen atoms in total. The molecule has 5 aromatic rings. The summed E-state index contributed by atoms with van der Waals surface area (Å²) in [6, 6.07) is 24.0.